The first-order valence-electron chi connectivity index (χ1n) is 4.59. The van der Waals surface area contributed by atoms with E-state index in [9.17, 15) is 9.18 Å². The number of hydrogen-bond acceptors (Lipinski definition) is 1. The fourth-order valence-electron chi connectivity index (χ4n) is 1.79. The lowest BCUT2D eigenvalue weighted by molar-refractivity contribution is 0.0929. The van der Waals surface area contributed by atoms with Crippen molar-refractivity contribution in [1.82, 2.24) is 5.32 Å². The van der Waals surface area contributed by atoms with Crippen molar-refractivity contribution in [1.29, 1.82) is 0 Å². The molecule has 1 aliphatic heterocycles. The molecule has 0 fully saturated rings. The Hall–Kier alpha value is -1.38. The second kappa shape index (κ2) is 2.80. The lowest BCUT2D eigenvalue weighted by Crippen LogP contribution is -2.43. The Bertz CT molecular complexity index is 398. The van der Waals surface area contributed by atoms with Crippen LogP contribution in [0.2, 0.25) is 0 Å². The Kier molecular flexibility index (Phi) is 1.84. The van der Waals surface area contributed by atoms with Gasteiger partial charge < -0.3 is 5.32 Å². The van der Waals surface area contributed by atoms with Crippen LogP contribution in [0.25, 0.3) is 0 Å². The number of amides is 1. The Morgan fingerprint density at radius 3 is 2.86 bits per heavy atom. The smallest absolute Gasteiger partial charge is 0.251 e. The van der Waals surface area contributed by atoms with Gasteiger partial charge in [-0.1, -0.05) is 19.9 Å². The van der Waals surface area contributed by atoms with Crippen LogP contribution in [0.1, 0.15) is 29.8 Å². The van der Waals surface area contributed by atoms with Crippen LogP contribution < -0.4 is 5.32 Å². The van der Waals surface area contributed by atoms with E-state index in [1.165, 1.54) is 12.1 Å². The average molecular weight is 193 g/mol. The van der Waals surface area contributed by atoms with Crippen molar-refractivity contribution in [3.05, 3.63) is 35.1 Å². The van der Waals surface area contributed by atoms with Crippen LogP contribution >= 0.6 is 0 Å². The number of carbonyl (C=O) groups is 1. The van der Waals surface area contributed by atoms with E-state index in [0.29, 0.717) is 12.1 Å². The van der Waals surface area contributed by atoms with E-state index >= 15 is 0 Å². The summed E-state index contributed by atoms with van der Waals surface area (Å²) in [7, 11) is 0. The average Bonchev–Trinajstić information content (AvgIpc) is 2.12. The van der Waals surface area contributed by atoms with Gasteiger partial charge in [0.2, 0.25) is 0 Å². The van der Waals surface area contributed by atoms with Gasteiger partial charge in [-0.15, -0.1) is 0 Å². The molecule has 3 heteroatoms. The molecular weight excluding hydrogens is 181 g/mol. The zero-order chi connectivity index (χ0) is 10.3. The van der Waals surface area contributed by atoms with Crippen molar-refractivity contribution in [2.45, 2.75) is 19.3 Å². The minimum absolute atomic E-state index is 0.114. The molecule has 0 spiro atoms. The number of benzene rings is 1. The molecule has 0 saturated carbocycles. The quantitative estimate of drug-likeness (QED) is 0.669. The van der Waals surface area contributed by atoms with Crippen LogP contribution in [0.5, 0.6) is 0 Å². The van der Waals surface area contributed by atoms with Gasteiger partial charge in [0.1, 0.15) is 5.82 Å². The summed E-state index contributed by atoms with van der Waals surface area (Å²) in [6.45, 7) is 4.66. The van der Waals surface area contributed by atoms with Gasteiger partial charge in [0.05, 0.1) is 0 Å². The predicted molar refractivity (Wildman–Crippen MR) is 51.8 cm³/mol. The second-order valence-electron chi connectivity index (χ2n) is 4.26. The van der Waals surface area contributed by atoms with Gasteiger partial charge in [0, 0.05) is 17.5 Å². The van der Waals surface area contributed by atoms with Crippen LogP contribution in [-0.4, -0.2) is 12.5 Å². The Balaban J connectivity index is 2.63. The van der Waals surface area contributed by atoms with E-state index in [-0.39, 0.29) is 17.1 Å². The SMILES string of the molecule is CC1(C)CNC(=O)c2cc(F)ccc21. The fraction of sp³-hybridized carbons (Fsp3) is 0.364. The van der Waals surface area contributed by atoms with Crippen LogP contribution in [-0.2, 0) is 5.41 Å². The van der Waals surface area contributed by atoms with E-state index < -0.39 is 0 Å². The summed E-state index contributed by atoms with van der Waals surface area (Å²) >= 11 is 0. The highest BCUT2D eigenvalue weighted by Crippen LogP contribution is 2.29. The van der Waals surface area contributed by atoms with Gasteiger partial charge in [0.25, 0.3) is 5.91 Å². The molecule has 0 unspecified atom stereocenters. The summed E-state index contributed by atoms with van der Waals surface area (Å²) in [4.78, 5) is 11.4. The standard InChI is InChI=1S/C11H12FNO/c1-11(2)6-13-10(14)8-5-7(12)3-4-9(8)11/h3-5H,6H2,1-2H3,(H,13,14). The molecule has 0 aromatic heterocycles. The zero-order valence-electron chi connectivity index (χ0n) is 8.23. The summed E-state index contributed by atoms with van der Waals surface area (Å²) in [5.74, 6) is -0.546. The molecule has 0 atom stereocenters. The van der Waals surface area contributed by atoms with Crippen LogP contribution in [0.3, 0.4) is 0 Å². The molecule has 0 radical (unpaired) electrons. The summed E-state index contributed by atoms with van der Waals surface area (Å²) < 4.78 is 12.9. The monoisotopic (exact) mass is 193 g/mol. The molecule has 0 saturated heterocycles. The minimum Gasteiger partial charge on any atom is -0.351 e. The van der Waals surface area contributed by atoms with Gasteiger partial charge in [-0.25, -0.2) is 4.39 Å². The number of rotatable bonds is 0. The summed E-state index contributed by atoms with van der Waals surface area (Å²) in [5.41, 5.74) is 1.26. The largest absolute Gasteiger partial charge is 0.351 e. The lowest BCUT2D eigenvalue weighted by Gasteiger charge is -2.32. The van der Waals surface area contributed by atoms with E-state index in [2.05, 4.69) is 5.32 Å². The van der Waals surface area contributed by atoms with E-state index in [1.54, 1.807) is 6.07 Å². The molecule has 0 bridgehead atoms. The Morgan fingerprint density at radius 2 is 2.14 bits per heavy atom. The molecule has 2 nitrogen and oxygen atoms in total. The summed E-state index contributed by atoms with van der Waals surface area (Å²) in [6.07, 6.45) is 0. The van der Waals surface area contributed by atoms with Gasteiger partial charge in [-0.2, -0.15) is 0 Å². The Labute approximate surface area is 82.1 Å². The summed E-state index contributed by atoms with van der Waals surface area (Å²) in [5, 5.41) is 2.75. The van der Waals surface area contributed by atoms with Crippen molar-refractivity contribution in [2.24, 2.45) is 0 Å². The molecule has 1 aliphatic rings. The number of hydrogen-bond donors (Lipinski definition) is 1. The van der Waals surface area contributed by atoms with Crippen molar-refractivity contribution in [2.75, 3.05) is 6.54 Å². The van der Waals surface area contributed by atoms with Crippen LogP contribution in [0.4, 0.5) is 4.39 Å². The zero-order valence-corrected chi connectivity index (χ0v) is 8.23. The molecule has 1 amide bonds. The third kappa shape index (κ3) is 1.29. The van der Waals surface area contributed by atoms with Crippen molar-refractivity contribution in [3.8, 4) is 0 Å². The molecular formula is C11H12FNO. The molecule has 74 valence electrons. The first-order chi connectivity index (χ1) is 6.50. The van der Waals surface area contributed by atoms with Crippen LogP contribution in [0.15, 0.2) is 18.2 Å². The normalized spacial score (nSPS) is 18.6. The molecule has 0 aliphatic carbocycles. The maximum Gasteiger partial charge on any atom is 0.251 e. The highest BCUT2D eigenvalue weighted by atomic mass is 19.1. The number of nitrogens with one attached hydrogen (secondary N) is 1. The molecule has 2 rings (SSSR count). The second-order valence-corrected chi connectivity index (χ2v) is 4.26. The van der Waals surface area contributed by atoms with Gasteiger partial charge in [0.15, 0.2) is 0 Å². The van der Waals surface area contributed by atoms with Gasteiger partial charge in [-0.3, -0.25) is 4.79 Å². The molecule has 1 heterocycles. The number of halogens is 1. The number of fused-ring (bicyclic) bond motifs is 1. The van der Waals surface area contributed by atoms with E-state index in [0.717, 1.165) is 5.56 Å². The molecule has 1 aromatic rings. The van der Waals surface area contributed by atoms with Crippen molar-refractivity contribution in [3.63, 3.8) is 0 Å². The van der Waals surface area contributed by atoms with Crippen molar-refractivity contribution < 1.29 is 9.18 Å². The molecule has 1 N–H and O–H groups in total. The fourth-order valence-corrected chi connectivity index (χ4v) is 1.79. The highest BCUT2D eigenvalue weighted by Gasteiger charge is 2.31. The van der Waals surface area contributed by atoms with Crippen LogP contribution in [0, 0.1) is 5.82 Å². The first kappa shape index (κ1) is 9.19. The first-order valence-corrected chi connectivity index (χ1v) is 4.59. The Morgan fingerprint density at radius 1 is 1.43 bits per heavy atom. The lowest BCUT2D eigenvalue weighted by atomic mass is 9.79. The number of carbonyl (C=O) groups excluding carboxylic acids is 1. The summed E-state index contributed by atoms with van der Waals surface area (Å²) in [6, 6.07) is 4.40. The third-order valence-corrected chi connectivity index (χ3v) is 2.65. The van der Waals surface area contributed by atoms with E-state index in [4.69, 9.17) is 0 Å². The third-order valence-electron chi connectivity index (χ3n) is 2.65. The van der Waals surface area contributed by atoms with Gasteiger partial charge >= 0.3 is 0 Å². The maximum atomic E-state index is 12.9. The van der Waals surface area contributed by atoms with Gasteiger partial charge in [-0.05, 0) is 17.7 Å². The topological polar surface area (TPSA) is 29.1 Å². The minimum atomic E-state index is -0.364. The highest BCUT2D eigenvalue weighted by molar-refractivity contribution is 5.97. The molecule has 14 heavy (non-hydrogen) atoms. The maximum absolute atomic E-state index is 12.9. The predicted octanol–water partition coefficient (Wildman–Crippen LogP) is 1.85. The van der Waals surface area contributed by atoms with Crippen molar-refractivity contribution >= 4 is 5.91 Å². The van der Waals surface area contributed by atoms with E-state index in [1.807, 2.05) is 13.8 Å². The molecule has 1 aromatic carbocycles.